The normalized spacial score (nSPS) is 15.5. The molecule has 5 heteroatoms. The molecule has 0 amide bonds. The molecule has 1 aliphatic heterocycles. The Hall–Kier alpha value is -0.870. The molecule has 1 aromatic heterocycles. The lowest BCUT2D eigenvalue weighted by atomic mass is 10.3. The summed E-state index contributed by atoms with van der Waals surface area (Å²) in [5.74, 6) is 2.02. The van der Waals surface area contributed by atoms with Crippen molar-refractivity contribution >= 4 is 18.2 Å². The zero-order valence-corrected chi connectivity index (χ0v) is 11.3. The highest BCUT2D eigenvalue weighted by Crippen LogP contribution is 2.14. The maximum atomic E-state index is 5.34. The van der Waals surface area contributed by atoms with Crippen molar-refractivity contribution in [3.8, 4) is 0 Å². The third kappa shape index (κ3) is 3.82. The van der Waals surface area contributed by atoms with Gasteiger partial charge in [-0.3, -0.25) is 0 Å². The molecule has 1 aromatic rings. The lowest BCUT2D eigenvalue weighted by Crippen LogP contribution is -2.37. The van der Waals surface area contributed by atoms with Crippen LogP contribution in [-0.4, -0.2) is 36.3 Å². The molecule has 0 aliphatic carbocycles. The summed E-state index contributed by atoms with van der Waals surface area (Å²) in [5, 5.41) is 0. The lowest BCUT2D eigenvalue weighted by Gasteiger charge is -2.28. The number of aryl methyl sites for hydroxylation is 2. The van der Waals surface area contributed by atoms with Gasteiger partial charge < -0.3 is 9.64 Å². The third-order valence-corrected chi connectivity index (χ3v) is 2.70. The van der Waals surface area contributed by atoms with Gasteiger partial charge in [-0.2, -0.15) is 0 Å². The number of ether oxygens (including phenoxy) is 1. The van der Waals surface area contributed by atoms with Crippen LogP contribution in [0, 0.1) is 6.92 Å². The second-order valence-corrected chi connectivity index (χ2v) is 4.13. The van der Waals surface area contributed by atoms with Crippen LogP contribution in [0.4, 0.5) is 5.82 Å². The van der Waals surface area contributed by atoms with Crippen molar-refractivity contribution < 1.29 is 4.74 Å². The van der Waals surface area contributed by atoms with Gasteiger partial charge in [0.2, 0.25) is 0 Å². The highest BCUT2D eigenvalue weighted by molar-refractivity contribution is 5.85. The zero-order valence-electron chi connectivity index (χ0n) is 10.5. The van der Waals surface area contributed by atoms with Crippen molar-refractivity contribution in [2.75, 3.05) is 31.2 Å². The predicted molar refractivity (Wildman–Crippen MR) is 71.0 cm³/mol. The van der Waals surface area contributed by atoms with Gasteiger partial charge in [-0.1, -0.05) is 6.92 Å². The lowest BCUT2D eigenvalue weighted by molar-refractivity contribution is 0.122. The van der Waals surface area contributed by atoms with Gasteiger partial charge >= 0.3 is 0 Å². The van der Waals surface area contributed by atoms with Gasteiger partial charge in [0.25, 0.3) is 0 Å². The summed E-state index contributed by atoms with van der Waals surface area (Å²) in [6, 6.07) is 2.06. The van der Waals surface area contributed by atoms with E-state index in [0.29, 0.717) is 0 Å². The van der Waals surface area contributed by atoms with E-state index in [1.807, 2.05) is 6.92 Å². The molecule has 2 rings (SSSR count). The van der Waals surface area contributed by atoms with Gasteiger partial charge in [0.05, 0.1) is 13.2 Å². The maximum absolute atomic E-state index is 5.34. The largest absolute Gasteiger partial charge is 0.378 e. The molecule has 0 atom stereocenters. The second kappa shape index (κ2) is 6.77. The molecule has 0 unspecified atom stereocenters. The Kier molecular flexibility index (Phi) is 5.65. The quantitative estimate of drug-likeness (QED) is 0.830. The van der Waals surface area contributed by atoms with E-state index >= 15 is 0 Å². The van der Waals surface area contributed by atoms with E-state index < -0.39 is 0 Å². The molecule has 0 spiro atoms. The molecule has 0 bridgehead atoms. The topological polar surface area (TPSA) is 38.2 Å². The fraction of sp³-hybridized carbons (Fsp3) is 0.667. The second-order valence-electron chi connectivity index (χ2n) is 4.13. The summed E-state index contributed by atoms with van der Waals surface area (Å²) >= 11 is 0. The number of nitrogens with zero attached hydrogens (tertiary/aromatic N) is 3. The Morgan fingerprint density at radius 2 is 2.00 bits per heavy atom. The number of anilines is 1. The van der Waals surface area contributed by atoms with E-state index in [-0.39, 0.29) is 12.4 Å². The summed E-state index contributed by atoms with van der Waals surface area (Å²) in [6.45, 7) is 7.65. The van der Waals surface area contributed by atoms with Gasteiger partial charge in [-0.05, 0) is 13.3 Å². The van der Waals surface area contributed by atoms with Gasteiger partial charge in [0.15, 0.2) is 0 Å². The van der Waals surface area contributed by atoms with Crippen molar-refractivity contribution in [2.45, 2.75) is 26.7 Å². The smallest absolute Gasteiger partial charge is 0.132 e. The standard InChI is InChI=1S/C12H19N3O.ClH/c1-3-4-11-13-10(2)9-12(14-11)15-5-7-16-8-6-15;/h9H,3-8H2,1-2H3;1H. The molecular weight excluding hydrogens is 238 g/mol. The van der Waals surface area contributed by atoms with Gasteiger partial charge in [0, 0.05) is 31.3 Å². The van der Waals surface area contributed by atoms with Crippen molar-refractivity contribution in [1.82, 2.24) is 9.97 Å². The molecule has 1 fully saturated rings. The molecule has 0 radical (unpaired) electrons. The molecule has 0 aromatic carbocycles. The predicted octanol–water partition coefficient (Wildman–Crippen LogP) is 2.00. The molecular formula is C12H20ClN3O. The molecule has 4 nitrogen and oxygen atoms in total. The molecule has 17 heavy (non-hydrogen) atoms. The summed E-state index contributed by atoms with van der Waals surface area (Å²) in [7, 11) is 0. The molecule has 0 saturated carbocycles. The van der Waals surface area contributed by atoms with Gasteiger partial charge in [0.1, 0.15) is 11.6 Å². The number of morpholine rings is 1. The molecule has 1 saturated heterocycles. The summed E-state index contributed by atoms with van der Waals surface area (Å²) in [5.41, 5.74) is 1.06. The highest BCUT2D eigenvalue weighted by atomic mass is 35.5. The first-order chi connectivity index (χ1) is 7.79. The number of aromatic nitrogens is 2. The summed E-state index contributed by atoms with van der Waals surface area (Å²) < 4.78 is 5.34. The van der Waals surface area contributed by atoms with Crippen LogP contribution in [0.5, 0.6) is 0 Å². The molecule has 2 heterocycles. The van der Waals surface area contributed by atoms with Crippen LogP contribution in [0.2, 0.25) is 0 Å². The van der Waals surface area contributed by atoms with E-state index in [9.17, 15) is 0 Å². The van der Waals surface area contributed by atoms with E-state index in [2.05, 4.69) is 27.9 Å². The van der Waals surface area contributed by atoms with Crippen LogP contribution in [0.15, 0.2) is 6.07 Å². The highest BCUT2D eigenvalue weighted by Gasteiger charge is 2.13. The Morgan fingerprint density at radius 3 is 2.65 bits per heavy atom. The van der Waals surface area contributed by atoms with Crippen molar-refractivity contribution in [1.29, 1.82) is 0 Å². The first kappa shape index (κ1) is 14.2. The minimum Gasteiger partial charge on any atom is -0.378 e. The molecule has 0 N–H and O–H groups in total. The Bertz CT molecular complexity index is 354. The van der Waals surface area contributed by atoms with Crippen LogP contribution in [0.3, 0.4) is 0 Å². The molecule has 1 aliphatic rings. The van der Waals surface area contributed by atoms with E-state index in [1.165, 1.54) is 0 Å². The summed E-state index contributed by atoms with van der Waals surface area (Å²) in [6.07, 6.45) is 2.05. The van der Waals surface area contributed by atoms with Gasteiger partial charge in [-0.15, -0.1) is 12.4 Å². The number of hydrogen-bond acceptors (Lipinski definition) is 4. The van der Waals surface area contributed by atoms with E-state index in [0.717, 1.165) is 56.5 Å². The Labute approximate surface area is 109 Å². The van der Waals surface area contributed by atoms with Crippen LogP contribution in [0.1, 0.15) is 24.9 Å². The number of hydrogen-bond donors (Lipinski definition) is 0. The third-order valence-electron chi connectivity index (χ3n) is 2.70. The first-order valence-electron chi connectivity index (χ1n) is 5.97. The molecule has 96 valence electrons. The van der Waals surface area contributed by atoms with Crippen molar-refractivity contribution in [3.63, 3.8) is 0 Å². The van der Waals surface area contributed by atoms with E-state index in [1.54, 1.807) is 0 Å². The van der Waals surface area contributed by atoms with Gasteiger partial charge in [-0.25, -0.2) is 9.97 Å². The first-order valence-corrected chi connectivity index (χ1v) is 5.97. The minimum absolute atomic E-state index is 0. The van der Waals surface area contributed by atoms with E-state index in [4.69, 9.17) is 4.74 Å². The fourth-order valence-electron chi connectivity index (χ4n) is 1.90. The zero-order chi connectivity index (χ0) is 11.4. The number of halogens is 1. The average molecular weight is 258 g/mol. The van der Waals surface area contributed by atoms with Crippen LogP contribution in [-0.2, 0) is 11.2 Å². The Morgan fingerprint density at radius 1 is 1.29 bits per heavy atom. The van der Waals surface area contributed by atoms with Crippen molar-refractivity contribution in [3.05, 3.63) is 17.6 Å². The number of rotatable bonds is 3. The average Bonchev–Trinajstić information content (AvgIpc) is 2.30. The van der Waals surface area contributed by atoms with Crippen molar-refractivity contribution in [2.24, 2.45) is 0 Å². The summed E-state index contributed by atoms with van der Waals surface area (Å²) in [4.78, 5) is 11.3. The minimum atomic E-state index is 0. The maximum Gasteiger partial charge on any atom is 0.132 e. The van der Waals surface area contributed by atoms with Crippen LogP contribution < -0.4 is 4.90 Å². The van der Waals surface area contributed by atoms with Crippen LogP contribution >= 0.6 is 12.4 Å². The monoisotopic (exact) mass is 257 g/mol. The fourth-order valence-corrected chi connectivity index (χ4v) is 1.90. The van der Waals surface area contributed by atoms with Crippen LogP contribution in [0.25, 0.3) is 0 Å². The Balaban J connectivity index is 0.00000144. The SMILES string of the molecule is CCCc1nc(C)cc(N2CCOCC2)n1.Cl.